The SMILES string of the molecule is CCC[CH2][Sn]([C]#CC(O[Si](C)(C)C(C)(C)C)c1ccccn1)([CH2]CCC)[CH2]CCC. The molecule has 0 aliphatic carbocycles. The summed E-state index contributed by atoms with van der Waals surface area (Å²) >= 11 is -2.52. The van der Waals surface area contributed by atoms with Gasteiger partial charge in [-0.1, -0.05) is 0 Å². The molecule has 0 aromatic carbocycles. The molecular formula is C26H47NOSiSn. The molecule has 0 radical (unpaired) electrons. The Balaban J connectivity index is 3.34. The van der Waals surface area contributed by atoms with Gasteiger partial charge < -0.3 is 0 Å². The van der Waals surface area contributed by atoms with Crippen LogP contribution in [0.4, 0.5) is 0 Å². The zero-order chi connectivity index (χ0) is 22.7. The van der Waals surface area contributed by atoms with Gasteiger partial charge in [0.2, 0.25) is 0 Å². The molecular weight excluding hydrogens is 489 g/mol. The predicted octanol–water partition coefficient (Wildman–Crippen LogP) is 8.54. The standard InChI is InChI=1S/C14H20NOSi.3C4H9.Sn/c1-7-13(12-10-8-9-11-15-12)16-17(5,6)14(2,3)4;3*1-3-4-2;/h8-11,13H,2-6H3;3*1,3-4H2,2H3;. The Bertz CT molecular complexity index is 635. The Labute approximate surface area is 193 Å². The summed E-state index contributed by atoms with van der Waals surface area (Å²) in [4.78, 5) is 4.65. The van der Waals surface area contributed by atoms with Gasteiger partial charge in [-0.2, -0.15) is 0 Å². The maximum atomic E-state index is 6.83. The van der Waals surface area contributed by atoms with E-state index < -0.39 is 26.7 Å². The molecule has 0 N–H and O–H groups in total. The molecule has 0 saturated heterocycles. The molecule has 1 aromatic heterocycles. The monoisotopic (exact) mass is 537 g/mol. The second-order valence-electron chi connectivity index (χ2n) is 10.4. The van der Waals surface area contributed by atoms with Crippen molar-refractivity contribution in [3.05, 3.63) is 30.1 Å². The van der Waals surface area contributed by atoms with Crippen LogP contribution in [0.5, 0.6) is 0 Å². The average Bonchev–Trinajstić information content (AvgIpc) is 2.71. The second-order valence-corrected chi connectivity index (χ2v) is 27.4. The van der Waals surface area contributed by atoms with Crippen molar-refractivity contribution in [3.63, 3.8) is 0 Å². The van der Waals surface area contributed by atoms with Crippen molar-refractivity contribution in [1.82, 2.24) is 4.98 Å². The van der Waals surface area contributed by atoms with Gasteiger partial charge in [-0.05, 0) is 0 Å². The topological polar surface area (TPSA) is 22.1 Å². The fourth-order valence-corrected chi connectivity index (χ4v) is 17.9. The summed E-state index contributed by atoms with van der Waals surface area (Å²) in [5, 5.41) is 0.161. The third-order valence-electron chi connectivity index (χ3n) is 6.67. The summed E-state index contributed by atoms with van der Waals surface area (Å²) in [7, 11) is -1.94. The van der Waals surface area contributed by atoms with Gasteiger partial charge in [-0.25, -0.2) is 0 Å². The Morgan fingerprint density at radius 1 is 0.967 bits per heavy atom. The van der Waals surface area contributed by atoms with Crippen molar-refractivity contribution in [3.8, 4) is 9.86 Å². The first-order valence-corrected chi connectivity index (χ1v) is 22.6. The minimum absolute atomic E-state index is 0.161. The second kappa shape index (κ2) is 13.3. The first-order valence-electron chi connectivity index (χ1n) is 12.2. The number of pyridine rings is 1. The van der Waals surface area contributed by atoms with E-state index in [0.717, 1.165) is 5.69 Å². The van der Waals surface area contributed by atoms with E-state index in [1.165, 1.54) is 51.8 Å². The van der Waals surface area contributed by atoms with Crippen molar-refractivity contribution in [2.45, 2.75) is 118 Å². The number of hydrogen-bond donors (Lipinski definition) is 0. The summed E-state index contributed by atoms with van der Waals surface area (Å²) in [5.74, 6) is 3.73. The van der Waals surface area contributed by atoms with Gasteiger partial charge in [0.05, 0.1) is 0 Å². The predicted molar refractivity (Wildman–Crippen MR) is 138 cm³/mol. The Hall–Kier alpha value is -0.314. The molecule has 1 atom stereocenters. The van der Waals surface area contributed by atoms with Crippen LogP contribution >= 0.6 is 0 Å². The van der Waals surface area contributed by atoms with Crippen molar-refractivity contribution in [2.75, 3.05) is 0 Å². The zero-order valence-corrected chi connectivity index (χ0v) is 25.0. The molecule has 0 aliphatic rings. The fraction of sp³-hybridized carbons (Fsp3) is 0.731. The van der Waals surface area contributed by atoms with Crippen LogP contribution in [0.2, 0.25) is 31.4 Å². The molecule has 0 aliphatic heterocycles. The maximum absolute atomic E-state index is 6.83. The molecule has 0 fully saturated rings. The van der Waals surface area contributed by atoms with Gasteiger partial charge >= 0.3 is 194 Å². The van der Waals surface area contributed by atoms with Crippen molar-refractivity contribution in [2.24, 2.45) is 0 Å². The van der Waals surface area contributed by atoms with Gasteiger partial charge in [-0.3, -0.25) is 0 Å². The molecule has 1 aromatic rings. The van der Waals surface area contributed by atoms with E-state index in [1.54, 1.807) is 0 Å². The molecule has 30 heavy (non-hydrogen) atoms. The van der Waals surface area contributed by atoms with Crippen LogP contribution in [0, 0.1) is 9.86 Å². The molecule has 170 valence electrons. The van der Waals surface area contributed by atoms with E-state index in [0.29, 0.717) is 0 Å². The summed E-state index contributed by atoms with van der Waals surface area (Å²) in [5.41, 5.74) is 0.983. The van der Waals surface area contributed by atoms with Gasteiger partial charge in [0.25, 0.3) is 0 Å². The molecule has 0 spiro atoms. The van der Waals surface area contributed by atoms with E-state index in [9.17, 15) is 0 Å². The molecule has 1 unspecified atom stereocenters. The van der Waals surface area contributed by atoms with Crippen molar-refractivity contribution >= 4 is 26.7 Å². The quantitative estimate of drug-likeness (QED) is 0.197. The molecule has 1 rings (SSSR count). The molecule has 0 amide bonds. The Kier molecular flexibility index (Phi) is 12.3. The number of aromatic nitrogens is 1. The van der Waals surface area contributed by atoms with Crippen LogP contribution in [-0.4, -0.2) is 31.7 Å². The van der Waals surface area contributed by atoms with E-state index in [-0.39, 0.29) is 11.1 Å². The average molecular weight is 536 g/mol. The summed E-state index contributed by atoms with van der Waals surface area (Å²) in [6.45, 7) is 18.5. The number of unbranched alkanes of at least 4 members (excludes halogenated alkanes) is 3. The van der Waals surface area contributed by atoms with Crippen molar-refractivity contribution < 1.29 is 4.43 Å². The van der Waals surface area contributed by atoms with Crippen LogP contribution in [0.1, 0.15) is 91.9 Å². The van der Waals surface area contributed by atoms with Crippen LogP contribution in [0.15, 0.2) is 24.4 Å². The van der Waals surface area contributed by atoms with E-state index in [1.807, 2.05) is 12.3 Å². The van der Waals surface area contributed by atoms with Crippen LogP contribution < -0.4 is 0 Å². The van der Waals surface area contributed by atoms with Crippen LogP contribution in [0.25, 0.3) is 0 Å². The van der Waals surface area contributed by atoms with Gasteiger partial charge in [-0.15, -0.1) is 0 Å². The van der Waals surface area contributed by atoms with Crippen LogP contribution in [0.3, 0.4) is 0 Å². The fourth-order valence-electron chi connectivity index (χ4n) is 3.49. The molecule has 0 saturated carbocycles. The summed E-state index contributed by atoms with van der Waals surface area (Å²) < 4.78 is 15.1. The van der Waals surface area contributed by atoms with E-state index in [2.05, 4.69) is 81.6 Å². The first-order chi connectivity index (χ1) is 14.1. The summed E-state index contributed by atoms with van der Waals surface area (Å²) in [6.07, 6.45) is 9.56. The van der Waals surface area contributed by atoms with Crippen LogP contribution in [-0.2, 0) is 4.43 Å². The Morgan fingerprint density at radius 2 is 1.50 bits per heavy atom. The number of hydrogen-bond acceptors (Lipinski definition) is 2. The third kappa shape index (κ3) is 9.05. The van der Waals surface area contributed by atoms with E-state index in [4.69, 9.17) is 4.43 Å². The minimum atomic E-state index is -2.52. The first kappa shape index (κ1) is 27.7. The van der Waals surface area contributed by atoms with Gasteiger partial charge in [0.1, 0.15) is 0 Å². The summed E-state index contributed by atoms with van der Waals surface area (Å²) in [6, 6.07) is 6.13. The Morgan fingerprint density at radius 3 is 1.90 bits per heavy atom. The molecule has 4 heteroatoms. The zero-order valence-electron chi connectivity index (χ0n) is 21.1. The number of nitrogens with zero attached hydrogens (tertiary/aromatic N) is 1. The van der Waals surface area contributed by atoms with Gasteiger partial charge in [0.15, 0.2) is 0 Å². The van der Waals surface area contributed by atoms with Crippen molar-refractivity contribution in [1.29, 1.82) is 0 Å². The normalized spacial score (nSPS) is 13.6. The molecule has 0 bridgehead atoms. The number of rotatable bonds is 12. The molecule has 2 nitrogen and oxygen atoms in total. The van der Waals surface area contributed by atoms with E-state index >= 15 is 0 Å². The third-order valence-corrected chi connectivity index (χ3v) is 24.3. The molecule has 1 heterocycles. The van der Waals surface area contributed by atoms with Gasteiger partial charge in [0, 0.05) is 0 Å².